The van der Waals surface area contributed by atoms with Crippen LogP contribution in [0.2, 0.25) is 0 Å². The zero-order valence-electron chi connectivity index (χ0n) is 10.9. The Morgan fingerprint density at radius 3 is 2.10 bits per heavy atom. The molecule has 0 aromatic heterocycles. The number of halogens is 4. The van der Waals surface area contributed by atoms with Crippen molar-refractivity contribution in [2.75, 3.05) is 0 Å². The highest BCUT2D eigenvalue weighted by Gasteiger charge is 2.48. The van der Waals surface area contributed by atoms with Crippen LogP contribution in [-0.4, -0.2) is 18.1 Å². The lowest BCUT2D eigenvalue weighted by Gasteiger charge is -2.22. The lowest BCUT2D eigenvalue weighted by Crippen LogP contribution is -2.36. The van der Waals surface area contributed by atoms with Crippen LogP contribution in [0.3, 0.4) is 0 Å². The van der Waals surface area contributed by atoms with E-state index >= 15 is 0 Å². The molecule has 0 spiro atoms. The van der Waals surface area contributed by atoms with Gasteiger partial charge in [-0.05, 0) is 24.3 Å². The summed E-state index contributed by atoms with van der Waals surface area (Å²) in [7, 11) is 0. The van der Waals surface area contributed by atoms with Gasteiger partial charge in [-0.15, -0.1) is 0 Å². The van der Waals surface area contributed by atoms with Gasteiger partial charge < -0.3 is 0 Å². The Morgan fingerprint density at radius 1 is 1.05 bits per heavy atom. The van der Waals surface area contributed by atoms with Crippen LogP contribution in [0.5, 0.6) is 0 Å². The van der Waals surface area contributed by atoms with E-state index in [4.69, 9.17) is 0 Å². The van der Waals surface area contributed by atoms with Gasteiger partial charge in [0.2, 0.25) is 5.78 Å². The topological polar surface area (TPSA) is 17.1 Å². The van der Waals surface area contributed by atoms with Crippen LogP contribution < -0.4 is 0 Å². The highest BCUT2D eigenvalue weighted by molar-refractivity contribution is 6.01. The average molecular weight is 288 g/mol. The van der Waals surface area contributed by atoms with Crippen LogP contribution in [-0.2, 0) is 0 Å². The van der Waals surface area contributed by atoms with Gasteiger partial charge in [-0.25, -0.2) is 8.78 Å². The van der Waals surface area contributed by atoms with E-state index in [9.17, 15) is 22.4 Å². The summed E-state index contributed by atoms with van der Waals surface area (Å²) < 4.78 is 50.3. The molecule has 110 valence electrons. The van der Waals surface area contributed by atoms with Crippen molar-refractivity contribution >= 4 is 5.78 Å². The molecule has 1 fully saturated rings. The summed E-state index contributed by atoms with van der Waals surface area (Å²) in [5.74, 6) is -6.06. The second-order valence-electron chi connectivity index (χ2n) is 5.21. The van der Waals surface area contributed by atoms with Gasteiger partial charge in [0.15, 0.2) is 0 Å². The highest BCUT2D eigenvalue weighted by Crippen LogP contribution is 2.33. The van der Waals surface area contributed by atoms with Crippen molar-refractivity contribution < 1.29 is 22.4 Å². The third-order valence-electron chi connectivity index (χ3n) is 3.83. The fraction of sp³-hybridized carbons (Fsp3) is 0.533. The van der Waals surface area contributed by atoms with E-state index in [0.29, 0.717) is 5.92 Å². The number of hydrogen-bond acceptors (Lipinski definition) is 1. The zero-order chi connectivity index (χ0) is 14.8. The lowest BCUT2D eigenvalue weighted by molar-refractivity contribution is -0.0958. The van der Waals surface area contributed by atoms with E-state index in [0.717, 1.165) is 31.2 Å². The molecule has 0 atom stereocenters. The quantitative estimate of drug-likeness (QED) is 0.573. The summed E-state index contributed by atoms with van der Waals surface area (Å²) in [6.07, 6.45) is 1.58. The molecule has 1 saturated carbocycles. The Morgan fingerprint density at radius 2 is 1.60 bits per heavy atom. The SMILES string of the molecule is O=C(c1ccc(C2CCCCC2)cc1)C(F)(F)C(F)F. The van der Waals surface area contributed by atoms with Gasteiger partial charge in [-0.2, -0.15) is 8.78 Å². The maximum atomic E-state index is 13.0. The second kappa shape index (κ2) is 5.94. The molecule has 1 aromatic carbocycles. The summed E-state index contributed by atoms with van der Waals surface area (Å²) in [4.78, 5) is 11.4. The largest absolute Gasteiger partial charge is 0.368 e. The van der Waals surface area contributed by atoms with Gasteiger partial charge >= 0.3 is 12.3 Å². The molecule has 1 aromatic rings. The van der Waals surface area contributed by atoms with Crippen molar-refractivity contribution in [3.63, 3.8) is 0 Å². The molecule has 1 nitrogen and oxygen atoms in total. The van der Waals surface area contributed by atoms with Crippen molar-refractivity contribution in [1.82, 2.24) is 0 Å². The molecule has 1 aliphatic carbocycles. The Kier molecular flexibility index (Phi) is 4.45. The van der Waals surface area contributed by atoms with Gasteiger partial charge in [0.1, 0.15) is 0 Å². The summed E-state index contributed by atoms with van der Waals surface area (Å²) in [5, 5.41) is 0. The van der Waals surface area contributed by atoms with Crippen LogP contribution in [0.1, 0.15) is 53.9 Å². The molecular formula is C15H16F4O. The maximum Gasteiger partial charge on any atom is 0.368 e. The van der Waals surface area contributed by atoms with E-state index in [1.807, 2.05) is 0 Å². The molecule has 0 unspecified atom stereocenters. The number of carbonyl (C=O) groups is 1. The molecule has 0 aliphatic heterocycles. The van der Waals surface area contributed by atoms with Crippen LogP contribution in [0, 0.1) is 0 Å². The van der Waals surface area contributed by atoms with Crippen molar-refractivity contribution in [2.45, 2.75) is 50.4 Å². The molecule has 0 radical (unpaired) electrons. The lowest BCUT2D eigenvalue weighted by atomic mass is 9.84. The van der Waals surface area contributed by atoms with Gasteiger partial charge in [0.25, 0.3) is 0 Å². The van der Waals surface area contributed by atoms with Crippen molar-refractivity contribution in [3.8, 4) is 0 Å². The van der Waals surface area contributed by atoms with E-state index in [1.165, 1.54) is 18.6 Å². The van der Waals surface area contributed by atoms with Gasteiger partial charge in [0, 0.05) is 5.56 Å². The molecular weight excluding hydrogens is 272 g/mol. The smallest absolute Gasteiger partial charge is 0.287 e. The molecule has 20 heavy (non-hydrogen) atoms. The van der Waals surface area contributed by atoms with Crippen molar-refractivity contribution in [3.05, 3.63) is 35.4 Å². The molecule has 2 rings (SSSR count). The molecule has 0 saturated heterocycles. The van der Waals surface area contributed by atoms with Crippen LogP contribution in [0.4, 0.5) is 17.6 Å². The fourth-order valence-electron chi connectivity index (χ4n) is 2.63. The van der Waals surface area contributed by atoms with Crippen LogP contribution in [0.15, 0.2) is 24.3 Å². The van der Waals surface area contributed by atoms with Crippen LogP contribution >= 0.6 is 0 Å². The molecule has 0 heterocycles. The summed E-state index contributed by atoms with van der Waals surface area (Å²) in [5.41, 5.74) is 0.622. The third kappa shape index (κ3) is 3.02. The van der Waals surface area contributed by atoms with Crippen molar-refractivity contribution in [2.24, 2.45) is 0 Å². The predicted molar refractivity (Wildman–Crippen MR) is 67.5 cm³/mol. The number of carbonyl (C=O) groups excluding carboxylic acids is 1. The van der Waals surface area contributed by atoms with Crippen molar-refractivity contribution in [1.29, 1.82) is 0 Å². The van der Waals surface area contributed by atoms with Gasteiger partial charge in [0.05, 0.1) is 0 Å². The summed E-state index contributed by atoms with van der Waals surface area (Å²) in [6.45, 7) is 0. The minimum Gasteiger partial charge on any atom is -0.287 e. The van der Waals surface area contributed by atoms with E-state index < -0.39 is 18.1 Å². The first-order valence-corrected chi connectivity index (χ1v) is 6.73. The van der Waals surface area contributed by atoms with E-state index in [-0.39, 0.29) is 5.56 Å². The number of ketones is 1. The van der Waals surface area contributed by atoms with Crippen LogP contribution in [0.25, 0.3) is 0 Å². The monoisotopic (exact) mass is 288 g/mol. The number of benzene rings is 1. The number of hydrogen-bond donors (Lipinski definition) is 0. The second-order valence-corrected chi connectivity index (χ2v) is 5.21. The molecule has 0 amide bonds. The summed E-state index contributed by atoms with van der Waals surface area (Å²) in [6, 6.07) is 5.65. The summed E-state index contributed by atoms with van der Waals surface area (Å²) >= 11 is 0. The number of rotatable bonds is 4. The predicted octanol–water partition coefficient (Wildman–Crippen LogP) is 4.82. The Hall–Kier alpha value is -1.39. The first kappa shape index (κ1) is 15.0. The molecule has 0 bridgehead atoms. The number of alkyl halides is 4. The minimum absolute atomic E-state index is 0.366. The molecule has 5 heteroatoms. The van der Waals surface area contributed by atoms with Gasteiger partial charge in [-0.1, -0.05) is 43.5 Å². The number of Topliss-reactive ketones (excluding diaryl/α,β-unsaturated/α-hetero) is 1. The zero-order valence-corrected chi connectivity index (χ0v) is 10.9. The minimum atomic E-state index is -4.62. The standard InChI is InChI=1S/C15H16F4O/c16-14(17)15(18,19)13(20)12-8-6-11(7-9-12)10-4-2-1-3-5-10/h6-10,14H,1-5H2. The maximum absolute atomic E-state index is 13.0. The molecule has 0 N–H and O–H groups in total. The Labute approximate surface area is 115 Å². The first-order valence-electron chi connectivity index (χ1n) is 6.73. The first-order chi connectivity index (χ1) is 9.43. The molecule has 1 aliphatic rings. The third-order valence-corrected chi connectivity index (χ3v) is 3.83. The fourth-order valence-corrected chi connectivity index (χ4v) is 2.63. The van der Waals surface area contributed by atoms with E-state index in [2.05, 4.69) is 0 Å². The van der Waals surface area contributed by atoms with E-state index in [1.54, 1.807) is 12.1 Å². The Bertz CT molecular complexity index is 461. The normalized spacial score (nSPS) is 17.4. The van der Waals surface area contributed by atoms with Gasteiger partial charge in [-0.3, -0.25) is 4.79 Å². The Balaban J connectivity index is 2.13. The average Bonchev–Trinajstić information content (AvgIpc) is 2.47. The highest BCUT2D eigenvalue weighted by atomic mass is 19.3.